The van der Waals surface area contributed by atoms with Crippen molar-refractivity contribution in [3.05, 3.63) is 54.9 Å². The Hall–Kier alpha value is -3.13. The highest BCUT2D eigenvalue weighted by atomic mass is 35.5. The van der Waals surface area contributed by atoms with Crippen LogP contribution in [0.25, 0.3) is 17.0 Å². The third kappa shape index (κ3) is 3.44. The van der Waals surface area contributed by atoms with Gasteiger partial charge in [0, 0.05) is 16.0 Å². The number of carboxylic acids is 2. The molecule has 0 aliphatic rings. The van der Waals surface area contributed by atoms with Gasteiger partial charge in [0.1, 0.15) is 0 Å². The fourth-order valence-electron chi connectivity index (χ4n) is 2.03. The molecule has 1 aromatic carbocycles. The second-order valence-corrected chi connectivity index (χ2v) is 5.22. The number of benzene rings is 1. The van der Waals surface area contributed by atoms with Gasteiger partial charge in [-0.3, -0.25) is 14.4 Å². The first-order chi connectivity index (χ1) is 11.2. The molecule has 1 heterocycles. The number of rotatable bonds is 4. The van der Waals surface area contributed by atoms with Crippen LogP contribution in [-0.2, 0) is 9.59 Å². The van der Waals surface area contributed by atoms with Crippen molar-refractivity contribution >= 4 is 40.5 Å². The Balaban J connectivity index is 2.91. The number of aromatic nitrogens is 1. The molecule has 0 unspecified atom stereocenters. The number of aliphatic carboxylic acids is 2. The van der Waals surface area contributed by atoms with Crippen molar-refractivity contribution in [1.82, 2.24) is 4.98 Å². The summed E-state index contributed by atoms with van der Waals surface area (Å²) in [6.07, 6.45) is -0.216. The zero-order valence-corrected chi connectivity index (χ0v) is 12.6. The van der Waals surface area contributed by atoms with Crippen LogP contribution >= 0.6 is 11.6 Å². The summed E-state index contributed by atoms with van der Waals surface area (Å²) in [5.41, 5.74) is -3.13. The zero-order chi connectivity index (χ0) is 18.0. The van der Waals surface area contributed by atoms with Gasteiger partial charge in [0.15, 0.2) is 11.2 Å². The Morgan fingerprint density at radius 2 is 1.88 bits per heavy atom. The summed E-state index contributed by atoms with van der Waals surface area (Å²) in [7, 11) is 0. The van der Waals surface area contributed by atoms with Crippen molar-refractivity contribution in [2.45, 2.75) is 6.42 Å². The first-order valence-electron chi connectivity index (χ1n) is 6.45. The van der Waals surface area contributed by atoms with Crippen LogP contribution in [0.5, 0.6) is 5.75 Å². The average molecular weight is 352 g/mol. The van der Waals surface area contributed by atoms with Gasteiger partial charge in [-0.2, -0.15) is 0 Å². The molecule has 1 aromatic heterocycles. The summed E-state index contributed by atoms with van der Waals surface area (Å²) >= 11 is 5.79. The van der Waals surface area contributed by atoms with E-state index in [1.54, 1.807) is 0 Å². The molecule has 0 saturated carbocycles. The molecule has 2 rings (SSSR count). The number of H-pyrrole nitrogens is 1. The minimum Gasteiger partial charge on any atom is -0.503 e. The maximum atomic E-state index is 12.5. The molecule has 0 saturated heterocycles. The lowest BCUT2D eigenvalue weighted by atomic mass is 10.1. The lowest BCUT2D eigenvalue weighted by molar-refractivity contribution is -0.139. The van der Waals surface area contributed by atoms with Crippen molar-refractivity contribution in [2.24, 2.45) is 0 Å². The monoisotopic (exact) mass is 351 g/mol. The van der Waals surface area contributed by atoms with Crippen molar-refractivity contribution in [1.29, 1.82) is 0 Å². The number of nitrogens with one attached hydrogen (secondary N) is 1. The molecule has 2 aromatic rings. The molecule has 0 aliphatic carbocycles. The summed E-state index contributed by atoms with van der Waals surface area (Å²) < 4.78 is 0. The van der Waals surface area contributed by atoms with E-state index in [9.17, 15) is 24.3 Å². The van der Waals surface area contributed by atoms with Gasteiger partial charge in [-0.15, -0.1) is 0 Å². The maximum Gasteiger partial charge on any atom is 0.332 e. The van der Waals surface area contributed by atoms with Crippen LogP contribution in [0.2, 0.25) is 5.02 Å². The van der Waals surface area contributed by atoms with Crippen LogP contribution in [0.15, 0.2) is 33.4 Å². The summed E-state index contributed by atoms with van der Waals surface area (Å²) in [5, 5.41) is 27.9. The molecule has 4 N–H and O–H groups in total. The van der Waals surface area contributed by atoms with Gasteiger partial charge in [0.05, 0.1) is 17.5 Å². The zero-order valence-electron chi connectivity index (χ0n) is 11.9. The van der Waals surface area contributed by atoms with Crippen LogP contribution in [0.3, 0.4) is 0 Å². The topological polar surface area (TPSA) is 145 Å². The van der Waals surface area contributed by atoms with Gasteiger partial charge in [0.2, 0.25) is 0 Å². The second-order valence-electron chi connectivity index (χ2n) is 4.78. The Kier molecular flexibility index (Phi) is 4.70. The molecule has 0 atom stereocenters. The van der Waals surface area contributed by atoms with E-state index in [0.717, 1.165) is 0 Å². The standard InChI is InChI=1S/C15H10ClNO7/c16-7-1-2-8-10(5-7)17-14(22)13(21)9(12(8)20)3-6(15(23)24)4-11(18)19/h1-3,5,21H,4H2,(H,17,22)(H,18,19)(H,23,24)/b6-3+. The number of hydrogen-bond donors (Lipinski definition) is 4. The normalized spacial score (nSPS) is 11.5. The van der Waals surface area contributed by atoms with E-state index < -0.39 is 46.2 Å². The minimum absolute atomic E-state index is 0.0249. The van der Waals surface area contributed by atoms with Crippen molar-refractivity contribution in [3.63, 3.8) is 0 Å². The number of aromatic amines is 1. The Labute approximate surface area is 138 Å². The molecule has 124 valence electrons. The number of aromatic hydroxyl groups is 1. The van der Waals surface area contributed by atoms with Gasteiger partial charge < -0.3 is 20.3 Å². The molecule has 8 nitrogen and oxygen atoms in total. The predicted molar refractivity (Wildman–Crippen MR) is 85.4 cm³/mol. The van der Waals surface area contributed by atoms with E-state index in [1.165, 1.54) is 18.2 Å². The molecule has 0 bridgehead atoms. The van der Waals surface area contributed by atoms with Gasteiger partial charge in [-0.05, 0) is 24.3 Å². The molecule has 0 fully saturated rings. The molecule has 0 spiro atoms. The molecule has 0 amide bonds. The fraction of sp³-hybridized carbons (Fsp3) is 0.0667. The van der Waals surface area contributed by atoms with Crippen molar-refractivity contribution in [2.75, 3.05) is 0 Å². The summed E-state index contributed by atoms with van der Waals surface area (Å²) in [5.74, 6) is -4.05. The highest BCUT2D eigenvalue weighted by Gasteiger charge is 2.17. The highest BCUT2D eigenvalue weighted by molar-refractivity contribution is 6.31. The van der Waals surface area contributed by atoms with E-state index in [0.29, 0.717) is 6.08 Å². The summed E-state index contributed by atoms with van der Waals surface area (Å²) in [6, 6.07) is 3.97. The summed E-state index contributed by atoms with van der Waals surface area (Å²) in [6.45, 7) is 0. The number of carbonyl (C=O) groups is 2. The second kappa shape index (κ2) is 6.55. The molecular weight excluding hydrogens is 342 g/mol. The van der Waals surface area contributed by atoms with Gasteiger partial charge in [-0.1, -0.05) is 11.6 Å². The average Bonchev–Trinajstić information content (AvgIpc) is 2.56. The smallest absolute Gasteiger partial charge is 0.332 e. The van der Waals surface area contributed by atoms with Crippen LogP contribution in [-0.4, -0.2) is 32.2 Å². The first-order valence-corrected chi connectivity index (χ1v) is 6.83. The van der Waals surface area contributed by atoms with E-state index >= 15 is 0 Å². The van der Waals surface area contributed by atoms with Crippen LogP contribution in [0, 0.1) is 0 Å². The van der Waals surface area contributed by atoms with E-state index in [4.69, 9.17) is 21.8 Å². The van der Waals surface area contributed by atoms with Crippen LogP contribution in [0.1, 0.15) is 12.0 Å². The Morgan fingerprint density at radius 3 is 2.46 bits per heavy atom. The Morgan fingerprint density at radius 1 is 1.21 bits per heavy atom. The molecule has 0 radical (unpaired) electrons. The number of halogens is 1. The minimum atomic E-state index is -1.59. The third-order valence-corrected chi connectivity index (χ3v) is 3.36. The third-order valence-electron chi connectivity index (χ3n) is 3.12. The van der Waals surface area contributed by atoms with E-state index in [-0.39, 0.29) is 15.9 Å². The molecule has 0 aliphatic heterocycles. The largest absolute Gasteiger partial charge is 0.503 e. The van der Waals surface area contributed by atoms with Crippen LogP contribution < -0.4 is 11.0 Å². The lowest BCUT2D eigenvalue weighted by Crippen LogP contribution is -2.10. The predicted octanol–water partition coefficient (Wildman–Crippen LogP) is 1.19. The highest BCUT2D eigenvalue weighted by Crippen LogP contribution is 2.18. The number of carboxylic acid groups (broad SMARTS) is 2. The molecule has 24 heavy (non-hydrogen) atoms. The van der Waals surface area contributed by atoms with Gasteiger partial charge >= 0.3 is 11.9 Å². The quantitative estimate of drug-likeness (QED) is 0.605. The Bertz CT molecular complexity index is 1010. The molecule has 9 heteroatoms. The number of fused-ring (bicyclic) bond motifs is 1. The van der Waals surface area contributed by atoms with Gasteiger partial charge in [0.25, 0.3) is 5.56 Å². The summed E-state index contributed by atoms with van der Waals surface area (Å²) in [4.78, 5) is 48.5. The van der Waals surface area contributed by atoms with Gasteiger partial charge in [-0.25, -0.2) is 4.79 Å². The van der Waals surface area contributed by atoms with E-state index in [2.05, 4.69) is 4.98 Å². The van der Waals surface area contributed by atoms with Crippen molar-refractivity contribution < 1.29 is 24.9 Å². The fourth-order valence-corrected chi connectivity index (χ4v) is 2.21. The number of hydrogen-bond acceptors (Lipinski definition) is 5. The SMILES string of the molecule is O=C(O)C/C(=C\c1c(O)c(=O)[nH]c2cc(Cl)ccc2c1=O)C(=O)O. The molecular formula is C15H10ClNO7. The maximum absolute atomic E-state index is 12.5. The first kappa shape index (κ1) is 17.2. The van der Waals surface area contributed by atoms with Crippen LogP contribution in [0.4, 0.5) is 0 Å². The van der Waals surface area contributed by atoms with E-state index in [1.807, 2.05) is 0 Å². The van der Waals surface area contributed by atoms with Crippen molar-refractivity contribution in [3.8, 4) is 5.75 Å². The lowest BCUT2D eigenvalue weighted by Gasteiger charge is -1.99.